The monoisotopic (exact) mass is 234 g/mol. The van der Waals surface area contributed by atoms with E-state index in [1.165, 1.54) is 7.11 Å². The number of hydrogen-bond donors (Lipinski definition) is 0. The molecule has 1 rings (SSSR count). The van der Waals surface area contributed by atoms with Crippen LogP contribution in [0.3, 0.4) is 0 Å². The molecule has 0 spiro atoms. The van der Waals surface area contributed by atoms with E-state index in [4.69, 9.17) is 0 Å². The Labute approximate surface area is 89.0 Å². The number of methoxy groups -OCH3 is 1. The van der Waals surface area contributed by atoms with Crippen LogP contribution in [0.25, 0.3) is 0 Å². The van der Waals surface area contributed by atoms with E-state index in [0.717, 1.165) is 12.1 Å². The Kier molecular flexibility index (Phi) is 3.92. The van der Waals surface area contributed by atoms with Gasteiger partial charge in [0.15, 0.2) is 6.61 Å². The molecule has 0 saturated carbocycles. The first kappa shape index (κ1) is 12.1. The second-order valence-corrected chi connectivity index (χ2v) is 2.64. The number of nitro groups is 1. The van der Waals surface area contributed by atoms with Crippen molar-refractivity contribution in [1.29, 1.82) is 0 Å². The fourth-order valence-corrected chi connectivity index (χ4v) is 0.934. The number of ether oxygens (including phenoxy) is 2. The third kappa shape index (κ3) is 3.01. The molecule has 0 fully saturated rings. The number of aromatic nitrogens is 1. The maximum Gasteiger partial charge on any atom is 0.331 e. The summed E-state index contributed by atoms with van der Waals surface area (Å²) in [5, 5.41) is 10.5. The van der Waals surface area contributed by atoms with E-state index >= 15 is 0 Å². The summed E-state index contributed by atoms with van der Waals surface area (Å²) < 4.78 is 32.9. The molecule has 0 atom stereocenters. The van der Waals surface area contributed by atoms with Gasteiger partial charge in [0, 0.05) is 12.1 Å². The quantitative estimate of drug-likeness (QED) is 0.571. The van der Waals surface area contributed by atoms with Crippen LogP contribution in [0, 0.1) is 10.1 Å². The normalized spacial score (nSPS) is 10.2. The molecular formula is C8H8F2N2O4. The predicted octanol–water partition coefficient (Wildman–Crippen LogP) is 1.64. The standard InChI is InChI=1S/C8H8F2N2O4/c1-15-8-5(12(13)14)2-3-7(11-8)16-4-6(9)10/h2-3,6H,4H2,1H3. The summed E-state index contributed by atoms with van der Waals surface area (Å²) in [6, 6.07) is 2.20. The number of hydrogen-bond acceptors (Lipinski definition) is 5. The van der Waals surface area contributed by atoms with Gasteiger partial charge < -0.3 is 9.47 Å². The molecule has 1 aromatic rings. The molecule has 0 unspecified atom stereocenters. The summed E-state index contributed by atoms with van der Waals surface area (Å²) in [5.41, 5.74) is -0.355. The number of alkyl halides is 2. The van der Waals surface area contributed by atoms with Gasteiger partial charge >= 0.3 is 5.69 Å². The highest BCUT2D eigenvalue weighted by molar-refractivity contribution is 5.42. The largest absolute Gasteiger partial charge is 0.476 e. The van der Waals surface area contributed by atoms with Gasteiger partial charge in [-0.2, -0.15) is 4.98 Å². The van der Waals surface area contributed by atoms with Gasteiger partial charge in [0.2, 0.25) is 5.88 Å². The lowest BCUT2D eigenvalue weighted by Gasteiger charge is -2.05. The Morgan fingerprint density at radius 3 is 2.75 bits per heavy atom. The van der Waals surface area contributed by atoms with Crippen molar-refractivity contribution < 1.29 is 23.2 Å². The minimum atomic E-state index is -2.64. The Hall–Kier alpha value is -1.99. The highest BCUT2D eigenvalue weighted by Crippen LogP contribution is 2.26. The summed E-state index contributed by atoms with van der Waals surface area (Å²) in [5.74, 6) is -0.431. The summed E-state index contributed by atoms with van der Waals surface area (Å²) in [4.78, 5) is 13.4. The molecule has 6 nitrogen and oxygen atoms in total. The Morgan fingerprint density at radius 1 is 1.56 bits per heavy atom. The molecule has 0 aliphatic rings. The highest BCUT2D eigenvalue weighted by Gasteiger charge is 2.17. The molecule has 0 bridgehead atoms. The number of nitrogens with zero attached hydrogens (tertiary/aromatic N) is 2. The van der Waals surface area contributed by atoms with Crippen molar-refractivity contribution in [3.05, 3.63) is 22.2 Å². The molecule has 8 heteroatoms. The molecule has 0 aromatic carbocycles. The molecule has 0 N–H and O–H groups in total. The number of halogens is 2. The second-order valence-electron chi connectivity index (χ2n) is 2.64. The van der Waals surface area contributed by atoms with Crippen molar-refractivity contribution in [2.45, 2.75) is 6.43 Å². The van der Waals surface area contributed by atoms with Crippen LogP contribution >= 0.6 is 0 Å². The van der Waals surface area contributed by atoms with Crippen LogP contribution in [0.4, 0.5) is 14.5 Å². The average molecular weight is 234 g/mol. The van der Waals surface area contributed by atoms with Gasteiger partial charge in [-0.1, -0.05) is 0 Å². The van der Waals surface area contributed by atoms with E-state index in [2.05, 4.69) is 14.5 Å². The van der Waals surface area contributed by atoms with E-state index in [1.54, 1.807) is 0 Å². The minimum Gasteiger partial charge on any atom is -0.476 e. The first-order valence-corrected chi connectivity index (χ1v) is 4.15. The first-order valence-electron chi connectivity index (χ1n) is 4.15. The smallest absolute Gasteiger partial charge is 0.331 e. The lowest BCUT2D eigenvalue weighted by Crippen LogP contribution is -2.08. The van der Waals surface area contributed by atoms with E-state index in [9.17, 15) is 18.9 Å². The Balaban J connectivity index is 2.86. The minimum absolute atomic E-state index is 0.150. The van der Waals surface area contributed by atoms with E-state index in [-0.39, 0.29) is 17.4 Å². The molecule has 88 valence electrons. The summed E-state index contributed by atoms with van der Waals surface area (Å²) in [6.45, 7) is -0.825. The molecular weight excluding hydrogens is 226 g/mol. The van der Waals surface area contributed by atoms with Gasteiger partial charge in [-0.05, 0) is 0 Å². The molecule has 0 radical (unpaired) electrons. The molecule has 0 saturated heterocycles. The van der Waals surface area contributed by atoms with Gasteiger partial charge in [-0.3, -0.25) is 10.1 Å². The van der Waals surface area contributed by atoms with Crippen LogP contribution in [0.15, 0.2) is 12.1 Å². The van der Waals surface area contributed by atoms with Crippen molar-refractivity contribution in [3.63, 3.8) is 0 Å². The Bertz CT molecular complexity index is 386. The third-order valence-corrected chi connectivity index (χ3v) is 1.56. The fraction of sp³-hybridized carbons (Fsp3) is 0.375. The van der Waals surface area contributed by atoms with Crippen molar-refractivity contribution in [2.75, 3.05) is 13.7 Å². The zero-order chi connectivity index (χ0) is 12.1. The molecule has 0 aliphatic carbocycles. The third-order valence-electron chi connectivity index (χ3n) is 1.56. The number of rotatable bonds is 5. The lowest BCUT2D eigenvalue weighted by molar-refractivity contribution is -0.386. The maximum absolute atomic E-state index is 11.8. The van der Waals surface area contributed by atoms with Crippen LogP contribution in [-0.4, -0.2) is 30.0 Å². The van der Waals surface area contributed by atoms with Crippen LogP contribution in [0.5, 0.6) is 11.8 Å². The van der Waals surface area contributed by atoms with Crippen molar-refractivity contribution >= 4 is 5.69 Å². The predicted molar refractivity (Wildman–Crippen MR) is 48.9 cm³/mol. The number of pyridine rings is 1. The molecule has 1 heterocycles. The second kappa shape index (κ2) is 5.19. The van der Waals surface area contributed by atoms with Crippen LogP contribution < -0.4 is 9.47 Å². The summed E-state index contributed by atoms with van der Waals surface area (Å²) in [7, 11) is 1.19. The van der Waals surface area contributed by atoms with Crippen molar-refractivity contribution in [2.24, 2.45) is 0 Å². The topological polar surface area (TPSA) is 74.5 Å². The van der Waals surface area contributed by atoms with Crippen LogP contribution in [-0.2, 0) is 0 Å². The van der Waals surface area contributed by atoms with Crippen LogP contribution in [0.1, 0.15) is 0 Å². The summed E-state index contributed by atoms with van der Waals surface area (Å²) in [6.07, 6.45) is -2.64. The van der Waals surface area contributed by atoms with Gasteiger partial charge in [0.05, 0.1) is 12.0 Å². The van der Waals surface area contributed by atoms with Gasteiger partial charge in [-0.15, -0.1) is 0 Å². The average Bonchev–Trinajstić information content (AvgIpc) is 2.25. The SMILES string of the molecule is COc1nc(OCC(F)F)ccc1[N+](=O)[O-]. The maximum atomic E-state index is 11.8. The van der Waals surface area contributed by atoms with E-state index < -0.39 is 18.0 Å². The van der Waals surface area contributed by atoms with Crippen molar-refractivity contribution in [1.82, 2.24) is 4.98 Å². The lowest BCUT2D eigenvalue weighted by atomic mass is 10.4. The van der Waals surface area contributed by atoms with Gasteiger partial charge in [0.1, 0.15) is 0 Å². The Morgan fingerprint density at radius 2 is 2.25 bits per heavy atom. The molecule has 0 amide bonds. The fourth-order valence-electron chi connectivity index (χ4n) is 0.934. The summed E-state index contributed by atoms with van der Waals surface area (Å²) >= 11 is 0. The molecule has 16 heavy (non-hydrogen) atoms. The van der Waals surface area contributed by atoms with Crippen LogP contribution in [0.2, 0.25) is 0 Å². The van der Waals surface area contributed by atoms with Crippen molar-refractivity contribution in [3.8, 4) is 11.8 Å². The molecule has 0 aliphatic heterocycles. The zero-order valence-electron chi connectivity index (χ0n) is 8.22. The first-order chi connectivity index (χ1) is 7.54. The van der Waals surface area contributed by atoms with Gasteiger partial charge in [-0.25, -0.2) is 8.78 Å². The highest BCUT2D eigenvalue weighted by atomic mass is 19.3. The van der Waals surface area contributed by atoms with E-state index in [1.807, 2.05) is 0 Å². The van der Waals surface area contributed by atoms with E-state index in [0.29, 0.717) is 0 Å². The molecule has 1 aromatic heterocycles. The van der Waals surface area contributed by atoms with Gasteiger partial charge in [0.25, 0.3) is 12.3 Å². The zero-order valence-corrected chi connectivity index (χ0v) is 8.22.